The van der Waals surface area contributed by atoms with Crippen molar-refractivity contribution in [1.82, 2.24) is 9.55 Å². The predicted molar refractivity (Wildman–Crippen MR) is 179 cm³/mol. The van der Waals surface area contributed by atoms with Gasteiger partial charge in [-0.25, -0.2) is 4.98 Å². The Morgan fingerprint density at radius 2 is 1.70 bits per heavy atom. The molecule has 43 heavy (non-hydrogen) atoms. The van der Waals surface area contributed by atoms with Gasteiger partial charge in [-0.05, 0) is 85.4 Å². The topological polar surface area (TPSA) is 65.5 Å². The largest absolute Gasteiger partial charge is 0.496 e. The third kappa shape index (κ3) is 6.31. The van der Waals surface area contributed by atoms with Crippen LogP contribution in [0.25, 0.3) is 35.3 Å². The molecule has 2 aliphatic rings. The Morgan fingerprint density at radius 3 is 2.37 bits per heavy atom. The normalized spacial score (nSPS) is 16.7. The Bertz CT molecular complexity index is 1680. The van der Waals surface area contributed by atoms with E-state index < -0.39 is 0 Å². The van der Waals surface area contributed by atoms with Gasteiger partial charge < -0.3 is 20.1 Å². The van der Waals surface area contributed by atoms with Gasteiger partial charge in [0.2, 0.25) is 0 Å². The van der Waals surface area contributed by atoms with E-state index in [4.69, 9.17) is 20.2 Å². The summed E-state index contributed by atoms with van der Waals surface area (Å²) in [6, 6.07) is 25.2. The molecule has 1 aromatic heterocycles. The Balaban J connectivity index is 0.00000180. The first-order chi connectivity index (χ1) is 21.0. The number of rotatable bonds is 7. The van der Waals surface area contributed by atoms with Crippen molar-refractivity contribution in [3.8, 4) is 22.8 Å². The number of para-hydroxylation sites is 1. The van der Waals surface area contributed by atoms with Gasteiger partial charge in [0, 0.05) is 30.0 Å². The lowest BCUT2D eigenvalue weighted by Crippen LogP contribution is -2.43. The Kier molecular flexibility index (Phi) is 9.49. The molecule has 0 bridgehead atoms. The highest BCUT2D eigenvalue weighted by molar-refractivity contribution is 5.73. The van der Waals surface area contributed by atoms with E-state index in [1.54, 1.807) is 7.11 Å². The summed E-state index contributed by atoms with van der Waals surface area (Å²) in [7, 11) is 1.69. The Morgan fingerprint density at radius 1 is 0.977 bits per heavy atom. The van der Waals surface area contributed by atoms with Gasteiger partial charge in [-0.15, -0.1) is 0 Å². The van der Waals surface area contributed by atoms with Crippen molar-refractivity contribution in [3.63, 3.8) is 0 Å². The predicted octanol–water partition coefficient (Wildman–Crippen LogP) is 6.04. The highest BCUT2D eigenvalue weighted by Gasteiger charge is 2.34. The van der Waals surface area contributed by atoms with Gasteiger partial charge in [-0.1, -0.05) is 62.9 Å². The smallest absolute Gasteiger partial charge is 0.149 e. The lowest BCUT2D eigenvalue weighted by molar-refractivity contribution is 0.122. The second-order valence-electron chi connectivity index (χ2n) is 11.0. The third-order valence-corrected chi connectivity index (χ3v) is 8.47. The molecule has 1 saturated carbocycles. The molecule has 6 heteroatoms. The molecule has 0 amide bonds. The van der Waals surface area contributed by atoms with E-state index >= 15 is 0 Å². The molecule has 4 aromatic rings. The molecule has 1 aliphatic carbocycles. The highest BCUT2D eigenvalue weighted by atomic mass is 16.5. The zero-order chi connectivity index (χ0) is 30.4. The number of anilines is 1. The molecule has 2 fully saturated rings. The van der Waals surface area contributed by atoms with E-state index in [2.05, 4.69) is 83.7 Å². The number of imidazole rings is 1. The molecular formula is C37H44N4O2. The van der Waals surface area contributed by atoms with E-state index in [9.17, 15) is 0 Å². The fraction of sp³-hybridized carbons (Fsp3) is 0.324. The summed E-state index contributed by atoms with van der Waals surface area (Å²) in [4.78, 5) is 7.47. The van der Waals surface area contributed by atoms with Crippen LogP contribution in [0.3, 0.4) is 0 Å². The fourth-order valence-corrected chi connectivity index (χ4v) is 5.75. The molecule has 2 N–H and O–H groups in total. The summed E-state index contributed by atoms with van der Waals surface area (Å²) < 4.78 is 13.4. The second-order valence-corrected chi connectivity index (χ2v) is 11.0. The number of morpholine rings is 1. The molecule has 0 radical (unpaired) electrons. The molecule has 1 saturated heterocycles. The summed E-state index contributed by atoms with van der Waals surface area (Å²) in [6.07, 6.45) is 7.44. The molecule has 6 rings (SSSR count). The molecule has 1 aliphatic heterocycles. The summed E-state index contributed by atoms with van der Waals surface area (Å²) in [5.74, 6) is 1.56. The van der Waals surface area contributed by atoms with E-state index in [0.717, 1.165) is 78.2 Å². The second kappa shape index (κ2) is 13.4. The van der Waals surface area contributed by atoms with E-state index in [1.807, 2.05) is 38.1 Å². The zero-order valence-electron chi connectivity index (χ0n) is 26.0. The van der Waals surface area contributed by atoms with E-state index in [1.165, 1.54) is 23.2 Å². The first-order valence-electron chi connectivity index (χ1n) is 15.4. The maximum atomic E-state index is 6.61. The molecule has 3 aromatic carbocycles. The lowest BCUT2D eigenvalue weighted by atomic mass is 9.73. The molecule has 0 atom stereocenters. The van der Waals surface area contributed by atoms with Crippen LogP contribution in [-0.2, 0) is 10.3 Å². The van der Waals surface area contributed by atoms with Crippen molar-refractivity contribution in [2.75, 3.05) is 38.3 Å². The monoisotopic (exact) mass is 576 g/mol. The minimum absolute atomic E-state index is 0.202. The quantitative estimate of drug-likeness (QED) is 0.291. The number of nitrogens with zero attached hydrogens (tertiary/aromatic N) is 3. The van der Waals surface area contributed by atoms with Gasteiger partial charge in [0.15, 0.2) is 0 Å². The number of hydrogen-bond donors (Lipinski definition) is 1. The van der Waals surface area contributed by atoms with Gasteiger partial charge >= 0.3 is 0 Å². The standard InChI is InChI=1S/C35H38N4O2.C2H6/c1-25(27-8-6-9-30(24-27)38-20-22-41-23-21-38)12-17-32-26(2)39(34(37-32)31-10-4-5-11-33(31)40-3)29-15-13-28(14-16-29)35(36)18-7-19-35;1-2/h4-6,8-17,24H,2,7,18-23,36H2,1,3H3;1-2H3/b25-12+,32-17+;. The third-order valence-electron chi connectivity index (χ3n) is 8.47. The van der Waals surface area contributed by atoms with Crippen molar-refractivity contribution >= 4 is 23.9 Å². The Labute approximate surface area is 255 Å². The van der Waals surface area contributed by atoms with Crippen LogP contribution in [-0.4, -0.2) is 43.0 Å². The number of benzene rings is 3. The van der Waals surface area contributed by atoms with E-state index in [-0.39, 0.29) is 5.54 Å². The van der Waals surface area contributed by atoms with Crippen LogP contribution >= 0.6 is 0 Å². The van der Waals surface area contributed by atoms with Crippen LogP contribution in [0.1, 0.15) is 51.2 Å². The first kappa shape index (κ1) is 30.3. The van der Waals surface area contributed by atoms with Crippen LogP contribution < -0.4 is 26.1 Å². The van der Waals surface area contributed by atoms with Crippen molar-refractivity contribution in [2.24, 2.45) is 5.73 Å². The molecular weight excluding hydrogens is 532 g/mol. The average Bonchev–Trinajstić information content (AvgIpc) is 3.39. The SMILES string of the molecule is C=c1/c(=C\C=C(/C)c2cccc(N3CCOCC3)c2)nc(-c2ccccc2OC)n1-c1ccc(C2(N)CCC2)cc1.CC. The minimum atomic E-state index is -0.202. The summed E-state index contributed by atoms with van der Waals surface area (Å²) in [6.45, 7) is 14.0. The van der Waals surface area contributed by atoms with Gasteiger partial charge in [-0.3, -0.25) is 4.57 Å². The van der Waals surface area contributed by atoms with E-state index in [0.29, 0.717) is 0 Å². The van der Waals surface area contributed by atoms with Crippen LogP contribution in [0.2, 0.25) is 0 Å². The number of allylic oxidation sites excluding steroid dienone is 2. The maximum absolute atomic E-state index is 6.61. The Hall–Kier alpha value is -4.13. The molecule has 0 unspecified atom stereocenters. The van der Waals surface area contributed by atoms with Crippen molar-refractivity contribution in [1.29, 1.82) is 0 Å². The van der Waals surface area contributed by atoms with Gasteiger partial charge in [0.05, 0.1) is 36.6 Å². The van der Waals surface area contributed by atoms with Gasteiger partial charge in [0.1, 0.15) is 11.6 Å². The van der Waals surface area contributed by atoms with Crippen LogP contribution in [0, 0.1) is 0 Å². The number of hydrogen-bond acceptors (Lipinski definition) is 5. The van der Waals surface area contributed by atoms with Crippen LogP contribution in [0.15, 0.2) is 78.9 Å². The zero-order valence-corrected chi connectivity index (χ0v) is 26.0. The highest BCUT2D eigenvalue weighted by Crippen LogP contribution is 2.39. The summed E-state index contributed by atoms with van der Waals surface area (Å²) in [5, 5.41) is 1.63. The van der Waals surface area contributed by atoms with Crippen LogP contribution in [0.4, 0.5) is 5.69 Å². The van der Waals surface area contributed by atoms with Crippen molar-refractivity contribution in [3.05, 3.63) is 101 Å². The van der Waals surface area contributed by atoms with Gasteiger partial charge in [-0.2, -0.15) is 0 Å². The molecule has 0 spiro atoms. The first-order valence-corrected chi connectivity index (χ1v) is 15.4. The number of aromatic nitrogens is 2. The number of ether oxygens (including phenoxy) is 2. The molecule has 224 valence electrons. The number of nitrogens with two attached hydrogens (primary N) is 1. The number of methoxy groups -OCH3 is 1. The van der Waals surface area contributed by atoms with Gasteiger partial charge in [0.25, 0.3) is 0 Å². The molecule has 2 heterocycles. The summed E-state index contributed by atoms with van der Waals surface area (Å²) in [5.41, 5.74) is 13.1. The summed E-state index contributed by atoms with van der Waals surface area (Å²) >= 11 is 0. The maximum Gasteiger partial charge on any atom is 0.149 e. The average molecular weight is 577 g/mol. The minimum Gasteiger partial charge on any atom is -0.496 e. The van der Waals surface area contributed by atoms with Crippen LogP contribution in [0.5, 0.6) is 5.75 Å². The van der Waals surface area contributed by atoms with Crippen molar-refractivity contribution < 1.29 is 9.47 Å². The van der Waals surface area contributed by atoms with Crippen molar-refractivity contribution in [2.45, 2.75) is 45.6 Å². The molecule has 6 nitrogen and oxygen atoms in total. The fourth-order valence-electron chi connectivity index (χ4n) is 5.75. The lowest BCUT2D eigenvalue weighted by Gasteiger charge is -2.38.